The van der Waals surface area contributed by atoms with Gasteiger partial charge in [-0.1, -0.05) is 0 Å². The Labute approximate surface area is 109 Å². The Kier molecular flexibility index (Phi) is 4.31. The van der Waals surface area contributed by atoms with Crippen molar-refractivity contribution >= 4 is 11.4 Å². The van der Waals surface area contributed by atoms with Crippen molar-refractivity contribution in [2.45, 2.75) is 12.8 Å². The second-order valence-corrected chi connectivity index (χ2v) is 5.08. The second-order valence-electron chi connectivity index (χ2n) is 5.08. The van der Waals surface area contributed by atoms with Gasteiger partial charge in [-0.15, -0.1) is 0 Å². The third kappa shape index (κ3) is 3.29. The van der Waals surface area contributed by atoms with Gasteiger partial charge in [-0.25, -0.2) is 0 Å². The molecule has 0 saturated carbocycles. The fraction of sp³-hybridized carbons (Fsp3) is 0.571. The van der Waals surface area contributed by atoms with Crippen LogP contribution in [-0.2, 0) is 0 Å². The van der Waals surface area contributed by atoms with E-state index in [1.54, 1.807) is 7.11 Å². The Morgan fingerprint density at radius 1 is 1.39 bits per heavy atom. The summed E-state index contributed by atoms with van der Waals surface area (Å²) < 4.78 is 5.14. The monoisotopic (exact) mass is 249 g/mol. The van der Waals surface area contributed by atoms with Crippen molar-refractivity contribution in [3.8, 4) is 5.75 Å². The lowest BCUT2D eigenvalue weighted by Crippen LogP contribution is -2.33. The van der Waals surface area contributed by atoms with E-state index in [2.05, 4.69) is 17.3 Å². The van der Waals surface area contributed by atoms with Gasteiger partial charge in [0.1, 0.15) is 5.75 Å². The van der Waals surface area contributed by atoms with Crippen molar-refractivity contribution in [3.05, 3.63) is 18.2 Å². The summed E-state index contributed by atoms with van der Waals surface area (Å²) in [5.41, 5.74) is 7.75. The number of nitrogens with one attached hydrogen (secondary N) is 1. The first-order valence-electron chi connectivity index (χ1n) is 6.55. The van der Waals surface area contributed by atoms with Crippen LogP contribution in [0.1, 0.15) is 12.8 Å². The predicted molar refractivity (Wildman–Crippen MR) is 76.1 cm³/mol. The first-order valence-corrected chi connectivity index (χ1v) is 6.55. The molecule has 4 nitrogen and oxygen atoms in total. The zero-order chi connectivity index (χ0) is 13.0. The van der Waals surface area contributed by atoms with Gasteiger partial charge in [0.2, 0.25) is 0 Å². The highest BCUT2D eigenvalue weighted by atomic mass is 16.5. The Balaban J connectivity index is 1.86. The van der Waals surface area contributed by atoms with Crippen LogP contribution in [0.2, 0.25) is 0 Å². The summed E-state index contributed by atoms with van der Waals surface area (Å²) in [5, 5.41) is 3.45. The molecule has 1 fully saturated rings. The summed E-state index contributed by atoms with van der Waals surface area (Å²) in [6.07, 6.45) is 2.53. The van der Waals surface area contributed by atoms with E-state index in [1.165, 1.54) is 25.9 Å². The zero-order valence-corrected chi connectivity index (χ0v) is 11.3. The lowest BCUT2D eigenvalue weighted by Gasteiger charge is -2.29. The van der Waals surface area contributed by atoms with Crippen LogP contribution < -0.4 is 15.8 Å². The fourth-order valence-electron chi connectivity index (χ4n) is 2.35. The molecular weight excluding hydrogens is 226 g/mol. The molecule has 1 aromatic rings. The van der Waals surface area contributed by atoms with Crippen molar-refractivity contribution in [2.75, 3.05) is 44.8 Å². The SMILES string of the molecule is COc1ccc(NCC2CCN(C)CC2)c(N)c1. The van der Waals surface area contributed by atoms with Gasteiger partial charge in [-0.3, -0.25) is 0 Å². The Hall–Kier alpha value is -1.42. The van der Waals surface area contributed by atoms with Gasteiger partial charge in [0.25, 0.3) is 0 Å². The van der Waals surface area contributed by atoms with Gasteiger partial charge in [-0.05, 0) is 51.0 Å². The maximum absolute atomic E-state index is 5.98. The van der Waals surface area contributed by atoms with E-state index in [1.807, 2.05) is 18.2 Å². The molecule has 0 bridgehead atoms. The second kappa shape index (κ2) is 5.96. The molecule has 0 spiro atoms. The number of hydrogen-bond acceptors (Lipinski definition) is 4. The molecule has 0 aliphatic carbocycles. The summed E-state index contributed by atoms with van der Waals surface area (Å²) in [6.45, 7) is 3.40. The molecule has 1 aliphatic rings. The number of nitrogens with zero attached hydrogens (tertiary/aromatic N) is 1. The Morgan fingerprint density at radius 2 is 2.11 bits per heavy atom. The van der Waals surface area contributed by atoms with Gasteiger partial charge in [-0.2, -0.15) is 0 Å². The topological polar surface area (TPSA) is 50.5 Å². The normalized spacial score (nSPS) is 17.7. The van der Waals surface area contributed by atoms with Crippen LogP contribution in [0.3, 0.4) is 0 Å². The molecule has 0 atom stereocenters. The van der Waals surface area contributed by atoms with Crippen LogP contribution in [0.4, 0.5) is 11.4 Å². The number of nitrogen functional groups attached to an aromatic ring is 1. The van der Waals surface area contributed by atoms with Crippen LogP contribution in [0.15, 0.2) is 18.2 Å². The molecule has 4 heteroatoms. The van der Waals surface area contributed by atoms with Gasteiger partial charge in [0.05, 0.1) is 18.5 Å². The number of rotatable bonds is 4. The third-order valence-electron chi connectivity index (χ3n) is 3.68. The molecule has 1 aliphatic heterocycles. The number of ether oxygens (including phenoxy) is 1. The van der Waals surface area contributed by atoms with Gasteiger partial charge < -0.3 is 20.7 Å². The largest absolute Gasteiger partial charge is 0.497 e. The lowest BCUT2D eigenvalue weighted by atomic mass is 9.97. The molecule has 0 unspecified atom stereocenters. The van der Waals surface area contributed by atoms with E-state index in [0.29, 0.717) is 0 Å². The Morgan fingerprint density at radius 3 is 2.72 bits per heavy atom. The van der Waals surface area contributed by atoms with Gasteiger partial charge >= 0.3 is 0 Å². The maximum atomic E-state index is 5.98. The number of methoxy groups -OCH3 is 1. The minimum Gasteiger partial charge on any atom is -0.497 e. The highest BCUT2D eigenvalue weighted by Crippen LogP contribution is 2.25. The Bertz CT molecular complexity index is 387. The number of nitrogens with two attached hydrogens (primary N) is 1. The standard InChI is InChI=1S/C14H23N3O/c1-17-7-5-11(6-8-17)10-16-14-4-3-12(18-2)9-13(14)15/h3-4,9,11,16H,5-8,10,15H2,1-2H3. The third-order valence-corrected chi connectivity index (χ3v) is 3.68. The lowest BCUT2D eigenvalue weighted by molar-refractivity contribution is 0.226. The summed E-state index contributed by atoms with van der Waals surface area (Å²) in [5.74, 6) is 1.56. The maximum Gasteiger partial charge on any atom is 0.121 e. The van der Waals surface area contributed by atoms with E-state index in [9.17, 15) is 0 Å². The minimum absolute atomic E-state index is 0.752. The molecule has 2 rings (SSSR count). The number of benzene rings is 1. The highest BCUT2D eigenvalue weighted by Gasteiger charge is 2.16. The molecule has 1 saturated heterocycles. The first kappa shape index (κ1) is 13.0. The number of likely N-dealkylation sites (tertiary alicyclic amines) is 1. The van der Waals surface area contributed by atoms with Crippen molar-refractivity contribution in [2.24, 2.45) is 5.92 Å². The van der Waals surface area contributed by atoms with Crippen molar-refractivity contribution in [3.63, 3.8) is 0 Å². The molecule has 100 valence electrons. The average molecular weight is 249 g/mol. The summed E-state index contributed by atoms with van der Waals surface area (Å²) in [4.78, 5) is 2.39. The van der Waals surface area contributed by atoms with Crippen LogP contribution >= 0.6 is 0 Å². The van der Waals surface area contributed by atoms with Crippen molar-refractivity contribution in [1.29, 1.82) is 0 Å². The van der Waals surface area contributed by atoms with Crippen LogP contribution in [0, 0.1) is 5.92 Å². The quantitative estimate of drug-likeness (QED) is 0.802. The summed E-state index contributed by atoms with van der Waals surface area (Å²) in [6, 6.07) is 5.79. The molecule has 18 heavy (non-hydrogen) atoms. The zero-order valence-electron chi connectivity index (χ0n) is 11.3. The van der Waals surface area contributed by atoms with E-state index in [0.717, 1.165) is 29.6 Å². The molecule has 0 amide bonds. The molecule has 1 aromatic carbocycles. The number of piperidine rings is 1. The van der Waals surface area contributed by atoms with E-state index in [-0.39, 0.29) is 0 Å². The summed E-state index contributed by atoms with van der Waals surface area (Å²) in [7, 11) is 3.84. The van der Waals surface area contributed by atoms with Gasteiger partial charge in [0.15, 0.2) is 0 Å². The molecule has 3 N–H and O–H groups in total. The van der Waals surface area contributed by atoms with E-state index < -0.39 is 0 Å². The number of hydrogen-bond donors (Lipinski definition) is 2. The fourth-order valence-corrected chi connectivity index (χ4v) is 2.35. The predicted octanol–water partition coefficient (Wildman–Crippen LogP) is 2.03. The van der Waals surface area contributed by atoms with Crippen LogP contribution in [-0.4, -0.2) is 38.7 Å². The average Bonchev–Trinajstić information content (AvgIpc) is 2.39. The first-order chi connectivity index (χ1) is 8.69. The highest BCUT2D eigenvalue weighted by molar-refractivity contribution is 5.68. The molecule has 0 aromatic heterocycles. The molecule has 0 radical (unpaired) electrons. The van der Waals surface area contributed by atoms with Crippen molar-refractivity contribution < 1.29 is 4.74 Å². The molecular formula is C14H23N3O. The van der Waals surface area contributed by atoms with E-state index >= 15 is 0 Å². The summed E-state index contributed by atoms with van der Waals surface area (Å²) >= 11 is 0. The van der Waals surface area contributed by atoms with Crippen LogP contribution in [0.5, 0.6) is 5.75 Å². The smallest absolute Gasteiger partial charge is 0.121 e. The minimum atomic E-state index is 0.752. The number of anilines is 2. The van der Waals surface area contributed by atoms with Gasteiger partial charge in [0, 0.05) is 12.6 Å². The van der Waals surface area contributed by atoms with E-state index in [4.69, 9.17) is 10.5 Å². The van der Waals surface area contributed by atoms with Crippen molar-refractivity contribution in [1.82, 2.24) is 4.90 Å². The molecule has 1 heterocycles. The van der Waals surface area contributed by atoms with Crippen LogP contribution in [0.25, 0.3) is 0 Å².